The number of unbranched alkanes of at least 4 members (excludes halogenated alkanes) is 2. The zero-order valence-electron chi connectivity index (χ0n) is 51.5. The van der Waals surface area contributed by atoms with Crippen molar-refractivity contribution >= 4 is 58.4 Å². The lowest BCUT2D eigenvalue weighted by atomic mass is 9.93. The summed E-state index contributed by atoms with van der Waals surface area (Å²) < 4.78 is 30.5. The number of carbonyl (C=O) groups is 7. The number of rotatable bonds is 24. The van der Waals surface area contributed by atoms with Gasteiger partial charge in [0.2, 0.25) is 24.1 Å². The molecule has 3 unspecified atom stereocenters. The van der Waals surface area contributed by atoms with Gasteiger partial charge in [-0.15, -0.1) is 0 Å². The number of ether oxygens (including phenoxy) is 5. The topological polar surface area (TPSA) is 280 Å². The number of anilines is 3. The number of nitrogens with one attached hydrogen (secondary N) is 4. The lowest BCUT2D eigenvalue weighted by Crippen LogP contribution is -2.57. The first-order valence-corrected chi connectivity index (χ1v) is 30.5. The summed E-state index contributed by atoms with van der Waals surface area (Å²) in [6.07, 6.45) is 1.77. The summed E-state index contributed by atoms with van der Waals surface area (Å²) in [5.74, 6) is -1.62. The number of carbonyl (C=O) groups excluding carboxylic acids is 7. The monoisotopic (exact) mass is 1250 g/mol. The highest BCUT2D eigenvalue weighted by Gasteiger charge is 2.45. The molecule has 5 aliphatic heterocycles. The number of hydrogen-bond acceptors (Lipinski definition) is 17. The van der Waals surface area contributed by atoms with Gasteiger partial charge in [0.05, 0.1) is 66.8 Å². The average molecular weight is 1250 g/mol. The maximum atomic E-state index is 14.8. The minimum atomic E-state index is -1.83. The highest BCUT2D eigenvalue weighted by atomic mass is 16.6. The number of nitrogens with zero attached hydrogens (tertiary/aromatic N) is 5. The van der Waals surface area contributed by atoms with Crippen LogP contribution in [0, 0.1) is 0 Å². The van der Waals surface area contributed by atoms with Gasteiger partial charge in [0.1, 0.15) is 25.3 Å². The van der Waals surface area contributed by atoms with Crippen LogP contribution in [0.15, 0.2) is 140 Å². The van der Waals surface area contributed by atoms with E-state index < -0.39 is 54.4 Å². The average Bonchev–Trinajstić information content (AvgIpc) is 1.58. The van der Waals surface area contributed by atoms with Crippen LogP contribution in [-0.4, -0.2) is 135 Å². The Morgan fingerprint density at radius 3 is 1.96 bits per heavy atom. The molecule has 0 bridgehead atoms. The number of methoxy groups -OCH3 is 2. The lowest BCUT2D eigenvalue weighted by molar-refractivity contribution is -0.137. The molecule has 6 heterocycles. The third-order valence-electron chi connectivity index (χ3n) is 17.1. The molecule has 23 nitrogen and oxygen atoms in total. The minimum Gasteiger partial charge on any atom is -0.493 e. The first kappa shape index (κ1) is 63.5. The maximum absolute atomic E-state index is 14.8. The van der Waals surface area contributed by atoms with Crippen molar-refractivity contribution < 1.29 is 67.5 Å². The summed E-state index contributed by atoms with van der Waals surface area (Å²) in [6.45, 7) is 8.24. The molecule has 0 fully saturated rings. The molecule has 6 aromatic rings. The van der Waals surface area contributed by atoms with Crippen LogP contribution in [0.2, 0.25) is 0 Å². The van der Waals surface area contributed by atoms with E-state index in [1.54, 1.807) is 54.3 Å². The Hall–Kier alpha value is -10.1. The van der Waals surface area contributed by atoms with E-state index in [2.05, 4.69) is 40.0 Å². The molecule has 6 N–H and O–H groups in total. The van der Waals surface area contributed by atoms with Crippen molar-refractivity contribution in [2.75, 3.05) is 42.8 Å². The second-order valence-corrected chi connectivity index (χ2v) is 23.4. The molecule has 0 saturated heterocycles. The van der Waals surface area contributed by atoms with Crippen LogP contribution < -0.4 is 45.1 Å². The quantitative estimate of drug-likeness (QED) is 0.0165. The molecule has 92 heavy (non-hydrogen) atoms. The van der Waals surface area contributed by atoms with Crippen molar-refractivity contribution in [3.05, 3.63) is 190 Å². The molecule has 0 saturated carbocycles. The highest BCUT2D eigenvalue weighted by molar-refractivity contribution is 6.13. The molecular weight excluding hydrogens is 1180 g/mol. The van der Waals surface area contributed by atoms with Crippen molar-refractivity contribution in [2.24, 2.45) is 0 Å². The molecule has 0 aliphatic carbocycles. The van der Waals surface area contributed by atoms with Crippen LogP contribution in [-0.2, 0) is 74.5 Å². The molecule has 5 aromatic carbocycles. The van der Waals surface area contributed by atoms with Crippen LogP contribution in [0.3, 0.4) is 0 Å². The van der Waals surface area contributed by atoms with Crippen molar-refractivity contribution in [3.8, 4) is 23.0 Å². The second-order valence-electron chi connectivity index (χ2n) is 23.4. The van der Waals surface area contributed by atoms with Gasteiger partial charge in [-0.2, -0.15) is 0 Å². The van der Waals surface area contributed by atoms with Crippen LogP contribution in [0.1, 0.15) is 99.5 Å². The predicted molar refractivity (Wildman–Crippen MR) is 338 cm³/mol. The van der Waals surface area contributed by atoms with Gasteiger partial charge in [-0.05, 0) is 109 Å². The van der Waals surface area contributed by atoms with E-state index in [4.69, 9.17) is 28.7 Å². The Labute approximate surface area is 531 Å². The van der Waals surface area contributed by atoms with Gasteiger partial charge in [-0.3, -0.25) is 48.3 Å². The Morgan fingerprint density at radius 2 is 1.30 bits per heavy atom. The van der Waals surface area contributed by atoms with E-state index in [1.807, 2.05) is 53.4 Å². The van der Waals surface area contributed by atoms with Crippen molar-refractivity contribution in [3.63, 3.8) is 0 Å². The van der Waals surface area contributed by atoms with Gasteiger partial charge in [0.25, 0.3) is 23.6 Å². The fraction of sp³-hybridized carbons (Fsp3) is 0.333. The van der Waals surface area contributed by atoms with E-state index in [1.165, 1.54) is 55.9 Å². The van der Waals surface area contributed by atoms with E-state index in [0.717, 1.165) is 28.0 Å². The Kier molecular flexibility index (Phi) is 19.3. The first-order valence-electron chi connectivity index (χ1n) is 30.5. The molecular formula is C69H73N9O14. The molecule has 7 amide bonds. The molecule has 6 atom stereocenters. The summed E-state index contributed by atoms with van der Waals surface area (Å²) in [7, 11) is 2.97. The van der Waals surface area contributed by atoms with Crippen LogP contribution >= 0.6 is 0 Å². The summed E-state index contributed by atoms with van der Waals surface area (Å²) in [5.41, 5.74) is 7.98. The Balaban J connectivity index is 0.730. The molecule has 1 aromatic heterocycles. The predicted octanol–water partition coefficient (Wildman–Crippen LogP) is 6.44. The summed E-state index contributed by atoms with van der Waals surface area (Å²) in [6, 6.07) is 31.4. The van der Waals surface area contributed by atoms with Crippen LogP contribution in [0.4, 0.5) is 17.1 Å². The zero-order valence-corrected chi connectivity index (χ0v) is 51.5. The second kappa shape index (κ2) is 28.0. The number of aliphatic hydroxyl groups is 2. The third-order valence-corrected chi connectivity index (χ3v) is 17.1. The summed E-state index contributed by atoms with van der Waals surface area (Å²) in [5, 5.41) is 36.1. The SMILES string of the molecule is C=C(C)[C@H](NC(=O)CCCCCN1C(=O)C=CC1=O)C(=O)N[C@@H](C)C(=O)Nc1ccc(COC(O)N2c3cc(OCc4cccc(COc5cc6c(cc5OC)C(=O)N5Cc7ccccc7C[C@H]5CN6)n4)c(OC)cc3C(=O)N3Cc4ccccc4CC3C2O)cc1. The third kappa shape index (κ3) is 13.9. The Morgan fingerprint density at radius 1 is 0.696 bits per heavy atom. The van der Waals surface area contributed by atoms with Crippen molar-refractivity contribution in [1.82, 2.24) is 30.3 Å². The molecule has 478 valence electrons. The number of fused-ring (bicyclic) bond motifs is 6. The molecule has 0 radical (unpaired) electrons. The number of amides is 7. The van der Waals surface area contributed by atoms with E-state index in [9.17, 15) is 43.8 Å². The van der Waals surface area contributed by atoms with Gasteiger partial charge in [-0.1, -0.05) is 79.7 Å². The standard InChI is InChI=1S/C69H73N9O14/c1-40(2)63(74-60(79)20-7-6-12-27-75-61(80)25-26-62(75)81)65(83)71-41(3)64(82)73-47-23-21-42(22-24-47)37-92-69(87)78-54-33-59(57(89-5)31-52(54)67(85)77-36-46-17-11-9-15-44(46)29-55(77)68(78)86)91-39-49-19-13-18-48(72-49)38-90-58-32-53-51(30-56(58)88-4)66(84)76-35-45-16-10-8-14-43(45)28-50(76)34-70-53/h8-11,13-19,21-26,30-33,41,50,55,63,68-70,86-87H,1,6-7,12,20,27-29,34-39H2,2-5H3,(H,71,83)(H,73,82)(H,74,79)/t41-,50-,55?,63-,68?,69?/m0/s1. The fourth-order valence-electron chi connectivity index (χ4n) is 12.1. The number of aliphatic hydroxyl groups excluding tert-OH is 2. The van der Waals surface area contributed by atoms with Crippen molar-refractivity contribution in [1.29, 1.82) is 0 Å². The lowest BCUT2D eigenvalue weighted by Gasteiger charge is -2.41. The maximum Gasteiger partial charge on any atom is 0.256 e. The number of aromatic nitrogens is 1. The first-order chi connectivity index (χ1) is 44.4. The summed E-state index contributed by atoms with van der Waals surface area (Å²) in [4.78, 5) is 103. The van der Waals surface area contributed by atoms with Crippen molar-refractivity contribution in [2.45, 2.75) is 122 Å². The molecule has 5 aliphatic rings. The van der Waals surface area contributed by atoms with Gasteiger partial charge in [0.15, 0.2) is 29.2 Å². The molecule has 23 heteroatoms. The minimum absolute atomic E-state index is 0.0241. The van der Waals surface area contributed by atoms with Gasteiger partial charge in [-0.25, -0.2) is 0 Å². The van der Waals surface area contributed by atoms with Gasteiger partial charge < -0.3 is 65.0 Å². The highest BCUT2D eigenvalue weighted by Crippen LogP contribution is 2.43. The van der Waals surface area contributed by atoms with Crippen LogP contribution in [0.25, 0.3) is 0 Å². The Bertz CT molecular complexity index is 3860. The molecule has 11 rings (SSSR count). The van der Waals surface area contributed by atoms with E-state index in [-0.39, 0.29) is 92.3 Å². The smallest absolute Gasteiger partial charge is 0.256 e. The van der Waals surface area contributed by atoms with Crippen LogP contribution in [0.5, 0.6) is 23.0 Å². The number of imide groups is 1. The normalized spacial score (nSPS) is 18.0. The van der Waals surface area contributed by atoms with E-state index >= 15 is 0 Å². The summed E-state index contributed by atoms with van der Waals surface area (Å²) >= 11 is 0. The zero-order chi connectivity index (χ0) is 64.7. The number of benzene rings is 5. The van der Waals surface area contributed by atoms with E-state index in [0.29, 0.717) is 83.3 Å². The number of hydrogen-bond donors (Lipinski definition) is 6. The molecule has 0 spiro atoms. The van der Waals surface area contributed by atoms with Gasteiger partial charge >= 0.3 is 0 Å². The largest absolute Gasteiger partial charge is 0.493 e. The van der Waals surface area contributed by atoms with Gasteiger partial charge in [0, 0.05) is 62.6 Å². The number of pyridine rings is 1. The fourth-order valence-corrected chi connectivity index (χ4v) is 12.1.